The lowest BCUT2D eigenvalue weighted by Gasteiger charge is -2.10. The second kappa shape index (κ2) is 4.19. The number of carboxylic acid groups (broad SMARTS) is 1. The van der Waals surface area contributed by atoms with Crippen molar-refractivity contribution in [3.05, 3.63) is 21.9 Å². The lowest BCUT2D eigenvalue weighted by Crippen LogP contribution is -2.17. The highest BCUT2D eigenvalue weighted by Crippen LogP contribution is 2.25. The summed E-state index contributed by atoms with van der Waals surface area (Å²) in [4.78, 5) is 10.6. The first-order valence-electron chi connectivity index (χ1n) is 3.64. The zero-order valence-electron chi connectivity index (χ0n) is 6.91. The van der Waals surface area contributed by atoms with E-state index in [4.69, 9.17) is 15.5 Å². The highest BCUT2D eigenvalue weighted by atomic mass is 32.1. The maximum atomic E-state index is 10.6. The fraction of sp³-hybridized carbons (Fsp3) is 0.250. The number of carbonyl (C=O) groups is 1. The summed E-state index contributed by atoms with van der Waals surface area (Å²) in [6.07, 6.45) is -3.08. The third-order valence-corrected chi connectivity index (χ3v) is 2.56. The minimum atomic E-state index is -1.61. The molecular weight excluding hydrogens is 206 g/mol. The molecule has 0 spiro atoms. The summed E-state index contributed by atoms with van der Waals surface area (Å²) < 4.78 is 0. The van der Waals surface area contributed by atoms with Gasteiger partial charge in [0, 0.05) is 5.56 Å². The van der Waals surface area contributed by atoms with E-state index in [0.717, 1.165) is 11.3 Å². The average Bonchev–Trinajstić information content (AvgIpc) is 2.63. The molecule has 0 aromatic carbocycles. The van der Waals surface area contributed by atoms with Gasteiger partial charge in [0.15, 0.2) is 6.10 Å². The van der Waals surface area contributed by atoms with Crippen molar-refractivity contribution >= 4 is 17.3 Å². The fourth-order valence-electron chi connectivity index (χ4n) is 0.967. The molecule has 14 heavy (non-hydrogen) atoms. The van der Waals surface area contributed by atoms with Crippen molar-refractivity contribution in [1.82, 2.24) is 0 Å². The van der Waals surface area contributed by atoms with Crippen LogP contribution in [0.3, 0.4) is 0 Å². The molecule has 0 bridgehead atoms. The first kappa shape index (κ1) is 10.7. The van der Waals surface area contributed by atoms with Crippen molar-refractivity contribution < 1.29 is 20.1 Å². The fourth-order valence-corrected chi connectivity index (χ4v) is 1.74. The highest BCUT2D eigenvalue weighted by molar-refractivity contribution is 7.12. The van der Waals surface area contributed by atoms with Crippen LogP contribution in [0.2, 0.25) is 0 Å². The number of hydrogen-bond donors (Lipinski definition) is 3. The van der Waals surface area contributed by atoms with Gasteiger partial charge < -0.3 is 15.3 Å². The molecule has 0 aliphatic carbocycles. The number of carboxylic acids is 1. The quantitative estimate of drug-likeness (QED) is 0.629. The summed E-state index contributed by atoms with van der Waals surface area (Å²) in [5.74, 6) is -1.18. The predicted molar refractivity (Wildman–Crippen MR) is 47.9 cm³/mol. The normalized spacial score (nSPS) is 14.4. The molecule has 0 amide bonds. The topological polar surface area (TPSA) is 102 Å². The van der Waals surface area contributed by atoms with Crippen LogP contribution in [-0.4, -0.2) is 27.4 Å². The second-order valence-electron chi connectivity index (χ2n) is 2.53. The number of rotatable bonds is 3. The Balaban J connectivity index is 3.02. The van der Waals surface area contributed by atoms with Gasteiger partial charge in [-0.3, -0.25) is 0 Å². The van der Waals surface area contributed by atoms with Gasteiger partial charge in [-0.2, -0.15) is 5.26 Å². The van der Waals surface area contributed by atoms with Crippen molar-refractivity contribution in [2.75, 3.05) is 0 Å². The van der Waals surface area contributed by atoms with Crippen molar-refractivity contribution in [2.45, 2.75) is 12.2 Å². The van der Waals surface area contributed by atoms with Gasteiger partial charge >= 0.3 is 5.97 Å². The van der Waals surface area contributed by atoms with Gasteiger partial charge in [-0.1, -0.05) is 0 Å². The third kappa shape index (κ3) is 1.90. The van der Waals surface area contributed by atoms with Gasteiger partial charge in [0.1, 0.15) is 11.0 Å². The molecule has 0 fully saturated rings. The van der Waals surface area contributed by atoms with Crippen molar-refractivity contribution in [1.29, 1.82) is 5.26 Å². The van der Waals surface area contributed by atoms with Gasteiger partial charge in [0.25, 0.3) is 0 Å². The van der Waals surface area contributed by atoms with E-state index in [1.54, 1.807) is 0 Å². The van der Waals surface area contributed by atoms with Crippen LogP contribution < -0.4 is 0 Å². The Labute approximate surface area is 83.5 Å². The van der Waals surface area contributed by atoms with Crippen LogP contribution in [-0.2, 0) is 0 Å². The average molecular weight is 213 g/mol. The molecule has 6 heteroatoms. The minimum absolute atomic E-state index is 0.0631. The molecule has 0 aliphatic rings. The van der Waals surface area contributed by atoms with Crippen LogP contribution in [0.25, 0.3) is 0 Å². The van der Waals surface area contributed by atoms with Gasteiger partial charge in [0.05, 0.1) is 6.07 Å². The first-order valence-corrected chi connectivity index (χ1v) is 4.52. The highest BCUT2D eigenvalue weighted by Gasteiger charge is 2.24. The molecule has 1 rings (SSSR count). The van der Waals surface area contributed by atoms with Crippen molar-refractivity contribution in [3.63, 3.8) is 0 Å². The zero-order chi connectivity index (χ0) is 10.7. The van der Waals surface area contributed by atoms with Gasteiger partial charge in [-0.05, 0) is 11.4 Å². The zero-order valence-corrected chi connectivity index (χ0v) is 7.73. The lowest BCUT2D eigenvalue weighted by molar-refractivity contribution is 0.0504. The maximum absolute atomic E-state index is 10.6. The number of hydrogen-bond acceptors (Lipinski definition) is 5. The van der Waals surface area contributed by atoms with Crippen LogP contribution in [0.4, 0.5) is 0 Å². The Bertz CT molecular complexity index is 381. The maximum Gasteiger partial charge on any atom is 0.346 e. The van der Waals surface area contributed by atoms with E-state index in [9.17, 15) is 9.90 Å². The molecule has 0 radical (unpaired) electrons. The number of aromatic carboxylic acids is 1. The standard InChI is InChI=1S/C8H7NO4S/c9-3-5(10)6(11)4-1-2-14-7(4)8(12)13/h1-2,5-6,10-11H,(H,12,13). The van der Waals surface area contributed by atoms with Crippen LogP contribution in [0.5, 0.6) is 0 Å². The number of aliphatic hydroxyl groups is 2. The molecule has 2 unspecified atom stereocenters. The molecule has 5 nitrogen and oxygen atoms in total. The molecule has 1 aromatic rings. The predicted octanol–water partition coefficient (Wildman–Crippen LogP) is 0.364. The molecule has 0 saturated carbocycles. The number of thiophene rings is 1. The molecule has 2 atom stereocenters. The van der Waals surface area contributed by atoms with E-state index in [0.29, 0.717) is 0 Å². The monoisotopic (exact) mass is 213 g/mol. The van der Waals surface area contributed by atoms with Gasteiger partial charge in [-0.25, -0.2) is 4.79 Å². The summed E-state index contributed by atoms with van der Waals surface area (Å²) in [7, 11) is 0. The summed E-state index contributed by atoms with van der Waals surface area (Å²) in [6, 6.07) is 2.81. The smallest absolute Gasteiger partial charge is 0.346 e. The number of nitriles is 1. The Morgan fingerprint density at radius 3 is 2.71 bits per heavy atom. The second-order valence-corrected chi connectivity index (χ2v) is 3.45. The third-order valence-electron chi connectivity index (χ3n) is 1.64. The SMILES string of the molecule is N#CC(O)C(O)c1ccsc1C(=O)O. The summed E-state index contributed by atoms with van der Waals surface area (Å²) in [5.41, 5.74) is 0.0663. The van der Waals surface area contributed by atoms with Crippen molar-refractivity contribution in [3.8, 4) is 6.07 Å². The minimum Gasteiger partial charge on any atom is -0.477 e. The Morgan fingerprint density at radius 2 is 2.21 bits per heavy atom. The lowest BCUT2D eigenvalue weighted by atomic mass is 10.1. The van der Waals surface area contributed by atoms with Crippen LogP contribution in [0.15, 0.2) is 11.4 Å². The van der Waals surface area contributed by atoms with E-state index in [-0.39, 0.29) is 10.4 Å². The van der Waals surface area contributed by atoms with E-state index in [2.05, 4.69) is 0 Å². The molecule has 3 N–H and O–H groups in total. The largest absolute Gasteiger partial charge is 0.477 e. The van der Waals surface area contributed by atoms with E-state index < -0.39 is 18.2 Å². The molecule has 1 aromatic heterocycles. The Hall–Kier alpha value is -1.42. The molecule has 1 heterocycles. The van der Waals surface area contributed by atoms with Crippen LogP contribution in [0.1, 0.15) is 21.3 Å². The molecule has 74 valence electrons. The summed E-state index contributed by atoms with van der Waals surface area (Å²) in [6.45, 7) is 0. The Kier molecular flexibility index (Phi) is 3.19. The molecule has 0 aliphatic heterocycles. The first-order chi connectivity index (χ1) is 6.57. The van der Waals surface area contributed by atoms with Crippen LogP contribution in [0, 0.1) is 11.3 Å². The Morgan fingerprint density at radius 1 is 1.57 bits per heavy atom. The number of nitrogens with zero attached hydrogens (tertiary/aromatic N) is 1. The van der Waals surface area contributed by atoms with E-state index in [1.807, 2.05) is 0 Å². The van der Waals surface area contributed by atoms with Gasteiger partial charge in [0.2, 0.25) is 0 Å². The molecular formula is C8H7NO4S. The van der Waals surface area contributed by atoms with E-state index in [1.165, 1.54) is 17.5 Å². The molecule has 0 saturated heterocycles. The van der Waals surface area contributed by atoms with E-state index >= 15 is 0 Å². The van der Waals surface area contributed by atoms with Crippen molar-refractivity contribution in [2.24, 2.45) is 0 Å². The summed E-state index contributed by atoms with van der Waals surface area (Å²) in [5, 5.41) is 36.9. The number of aliphatic hydroxyl groups excluding tert-OH is 2. The van der Waals surface area contributed by atoms with Gasteiger partial charge in [-0.15, -0.1) is 11.3 Å². The van der Waals surface area contributed by atoms with Crippen LogP contribution >= 0.6 is 11.3 Å². The summed E-state index contributed by atoms with van der Waals surface area (Å²) >= 11 is 0.934.